The molecule has 3 aromatic rings. The van der Waals surface area contributed by atoms with Crippen molar-refractivity contribution in [1.82, 2.24) is 9.88 Å². The molecule has 0 N–H and O–H groups in total. The molecule has 8 heteroatoms. The van der Waals surface area contributed by atoms with E-state index in [1.165, 1.54) is 11.3 Å². The second kappa shape index (κ2) is 7.66. The van der Waals surface area contributed by atoms with Gasteiger partial charge >= 0.3 is 0 Å². The minimum Gasteiger partial charge on any atom is -0.490 e. The van der Waals surface area contributed by atoms with Crippen molar-refractivity contribution in [3.8, 4) is 5.75 Å². The predicted octanol–water partition coefficient (Wildman–Crippen LogP) is 4.76. The predicted molar refractivity (Wildman–Crippen MR) is 113 cm³/mol. The van der Waals surface area contributed by atoms with Gasteiger partial charge in [0.25, 0.3) is 5.91 Å². The summed E-state index contributed by atoms with van der Waals surface area (Å²) in [6.07, 6.45) is 1.79. The number of fused-ring (bicyclic) bond motifs is 1. The Hall–Kier alpha value is -1.83. The van der Waals surface area contributed by atoms with Crippen LogP contribution in [0.3, 0.4) is 0 Å². The molecule has 3 heterocycles. The van der Waals surface area contributed by atoms with Crippen molar-refractivity contribution >= 4 is 54.8 Å². The van der Waals surface area contributed by atoms with Gasteiger partial charge in [0.15, 0.2) is 5.13 Å². The monoisotopic (exact) mass is 421 g/mol. The molecule has 1 amide bonds. The Kier molecular flexibility index (Phi) is 5.25. The molecule has 0 radical (unpaired) electrons. The van der Waals surface area contributed by atoms with E-state index in [9.17, 15) is 4.79 Å². The highest BCUT2D eigenvalue weighted by Crippen LogP contribution is 2.34. The SMILES string of the molecule is CN(C)c1nc2sc(C(=O)N3CCC(Oc4ccc(Cl)cc4)CC3)cc2s1. The quantitative estimate of drug-likeness (QED) is 0.609. The van der Waals surface area contributed by atoms with Crippen molar-refractivity contribution in [3.63, 3.8) is 0 Å². The molecular formula is C19H20ClN3O2S2. The number of thiophene rings is 1. The average molecular weight is 422 g/mol. The van der Waals surface area contributed by atoms with Gasteiger partial charge in [-0.15, -0.1) is 11.3 Å². The minimum atomic E-state index is 0.0987. The van der Waals surface area contributed by atoms with E-state index < -0.39 is 0 Å². The lowest BCUT2D eigenvalue weighted by molar-refractivity contribution is 0.0600. The van der Waals surface area contributed by atoms with Gasteiger partial charge in [-0.2, -0.15) is 0 Å². The van der Waals surface area contributed by atoms with E-state index in [-0.39, 0.29) is 12.0 Å². The van der Waals surface area contributed by atoms with Crippen LogP contribution in [0.5, 0.6) is 5.75 Å². The number of piperidine rings is 1. The summed E-state index contributed by atoms with van der Waals surface area (Å²) in [6, 6.07) is 9.39. The van der Waals surface area contributed by atoms with Crippen LogP contribution >= 0.6 is 34.3 Å². The van der Waals surface area contributed by atoms with E-state index in [1.54, 1.807) is 11.3 Å². The standard InChI is InChI=1S/C19H20ClN3O2S2/c1-22(2)19-21-17-15(27-19)11-16(26-17)18(24)23-9-7-14(8-10-23)25-13-5-3-12(20)4-6-13/h3-6,11,14H,7-10H2,1-2H3. The van der Waals surface area contributed by atoms with Crippen molar-refractivity contribution in [2.45, 2.75) is 18.9 Å². The molecule has 27 heavy (non-hydrogen) atoms. The fourth-order valence-corrected chi connectivity index (χ4v) is 5.29. The molecule has 4 rings (SSSR count). The maximum Gasteiger partial charge on any atom is 0.264 e. The summed E-state index contributed by atoms with van der Waals surface area (Å²) in [5.41, 5.74) is 0. The molecule has 1 fully saturated rings. The minimum absolute atomic E-state index is 0.0987. The number of benzene rings is 1. The van der Waals surface area contributed by atoms with Crippen LogP contribution in [0.4, 0.5) is 5.13 Å². The number of likely N-dealkylation sites (tertiary alicyclic amines) is 1. The Bertz CT molecular complexity index is 912. The Balaban J connectivity index is 1.36. The first-order valence-corrected chi connectivity index (χ1v) is 10.8. The highest BCUT2D eigenvalue weighted by Gasteiger charge is 2.26. The number of nitrogens with zero attached hydrogens (tertiary/aromatic N) is 3. The topological polar surface area (TPSA) is 45.7 Å². The molecular weight excluding hydrogens is 402 g/mol. The second-order valence-corrected chi connectivity index (χ2v) is 9.21. The van der Waals surface area contributed by atoms with E-state index in [4.69, 9.17) is 16.3 Å². The van der Waals surface area contributed by atoms with Crippen LogP contribution in [-0.2, 0) is 0 Å². The van der Waals surface area contributed by atoms with Gasteiger partial charge < -0.3 is 14.5 Å². The zero-order chi connectivity index (χ0) is 19.0. The van der Waals surface area contributed by atoms with Crippen molar-refractivity contribution in [2.75, 3.05) is 32.1 Å². The van der Waals surface area contributed by atoms with Crippen LogP contribution in [0.15, 0.2) is 30.3 Å². The van der Waals surface area contributed by atoms with Crippen LogP contribution < -0.4 is 9.64 Å². The first-order valence-electron chi connectivity index (χ1n) is 8.79. The number of hydrogen-bond donors (Lipinski definition) is 0. The summed E-state index contributed by atoms with van der Waals surface area (Å²) in [7, 11) is 3.95. The Morgan fingerprint density at radius 2 is 1.93 bits per heavy atom. The third-order valence-corrected chi connectivity index (χ3v) is 7.09. The summed E-state index contributed by atoms with van der Waals surface area (Å²) in [5.74, 6) is 0.923. The number of amides is 1. The average Bonchev–Trinajstić information content (AvgIpc) is 3.23. The van der Waals surface area contributed by atoms with Crippen LogP contribution in [0.2, 0.25) is 5.02 Å². The van der Waals surface area contributed by atoms with Crippen molar-refractivity contribution in [2.24, 2.45) is 0 Å². The van der Waals surface area contributed by atoms with E-state index in [1.807, 2.05) is 54.2 Å². The summed E-state index contributed by atoms with van der Waals surface area (Å²) >= 11 is 9.00. The van der Waals surface area contributed by atoms with Gasteiger partial charge in [-0.3, -0.25) is 4.79 Å². The lowest BCUT2D eigenvalue weighted by Crippen LogP contribution is -2.41. The smallest absolute Gasteiger partial charge is 0.264 e. The summed E-state index contributed by atoms with van der Waals surface area (Å²) in [5, 5.41) is 1.67. The number of thiazole rings is 1. The molecule has 1 aliphatic rings. The Morgan fingerprint density at radius 1 is 1.22 bits per heavy atom. The molecule has 0 bridgehead atoms. The fourth-order valence-electron chi connectivity index (χ4n) is 3.06. The molecule has 5 nitrogen and oxygen atoms in total. The second-order valence-electron chi connectivity index (χ2n) is 6.73. The first-order chi connectivity index (χ1) is 13.0. The number of hydrogen-bond acceptors (Lipinski definition) is 6. The molecule has 142 valence electrons. The highest BCUT2D eigenvalue weighted by atomic mass is 35.5. The number of aromatic nitrogens is 1. The van der Waals surface area contributed by atoms with E-state index >= 15 is 0 Å². The zero-order valence-electron chi connectivity index (χ0n) is 15.1. The molecule has 1 aliphatic heterocycles. The van der Waals surface area contributed by atoms with Crippen LogP contribution in [0.25, 0.3) is 9.53 Å². The third-order valence-electron chi connectivity index (χ3n) is 4.52. The van der Waals surface area contributed by atoms with Gasteiger partial charge in [-0.05, 0) is 30.3 Å². The first kappa shape index (κ1) is 18.5. The Morgan fingerprint density at radius 3 is 2.56 bits per heavy atom. The van der Waals surface area contributed by atoms with Gasteiger partial charge in [-0.25, -0.2) is 4.98 Å². The van der Waals surface area contributed by atoms with Crippen LogP contribution in [0, 0.1) is 0 Å². The molecule has 0 saturated carbocycles. The number of ether oxygens (including phenoxy) is 1. The van der Waals surface area contributed by atoms with Gasteiger partial charge in [0.2, 0.25) is 0 Å². The number of halogens is 1. The fraction of sp³-hybridized carbons (Fsp3) is 0.368. The molecule has 0 atom stereocenters. The van der Waals surface area contributed by atoms with Gasteiger partial charge in [-0.1, -0.05) is 22.9 Å². The molecule has 0 aliphatic carbocycles. The van der Waals surface area contributed by atoms with E-state index in [2.05, 4.69) is 4.98 Å². The number of carbonyl (C=O) groups excluding carboxylic acids is 1. The molecule has 1 aromatic carbocycles. The van der Waals surface area contributed by atoms with Gasteiger partial charge in [0.1, 0.15) is 16.7 Å². The molecule has 0 spiro atoms. The highest BCUT2D eigenvalue weighted by molar-refractivity contribution is 7.29. The van der Waals surface area contributed by atoms with Crippen LogP contribution in [0.1, 0.15) is 22.5 Å². The summed E-state index contributed by atoms with van der Waals surface area (Å²) < 4.78 is 7.09. The molecule has 2 aromatic heterocycles. The summed E-state index contributed by atoms with van der Waals surface area (Å²) in [4.78, 5) is 23.0. The zero-order valence-corrected chi connectivity index (χ0v) is 17.5. The lowest BCUT2D eigenvalue weighted by Gasteiger charge is -2.32. The Labute approximate surface area is 171 Å². The molecule has 1 saturated heterocycles. The van der Waals surface area contributed by atoms with Crippen molar-refractivity contribution in [1.29, 1.82) is 0 Å². The number of carbonyl (C=O) groups is 1. The van der Waals surface area contributed by atoms with Crippen molar-refractivity contribution < 1.29 is 9.53 Å². The number of anilines is 1. The van der Waals surface area contributed by atoms with Crippen molar-refractivity contribution in [3.05, 3.63) is 40.2 Å². The largest absolute Gasteiger partial charge is 0.490 e. The van der Waals surface area contributed by atoms with Gasteiger partial charge in [0, 0.05) is 45.0 Å². The summed E-state index contributed by atoms with van der Waals surface area (Å²) in [6.45, 7) is 1.41. The lowest BCUT2D eigenvalue weighted by atomic mass is 10.1. The van der Waals surface area contributed by atoms with E-state index in [0.717, 1.165) is 38.1 Å². The number of rotatable bonds is 4. The van der Waals surface area contributed by atoms with Crippen LogP contribution in [-0.4, -0.2) is 49.1 Å². The normalized spacial score (nSPS) is 15.3. The molecule has 0 unspecified atom stereocenters. The van der Waals surface area contributed by atoms with E-state index in [0.29, 0.717) is 18.1 Å². The maximum atomic E-state index is 12.8. The van der Waals surface area contributed by atoms with Gasteiger partial charge in [0.05, 0.1) is 9.58 Å². The third kappa shape index (κ3) is 4.05. The maximum absolute atomic E-state index is 12.8.